The number of hydrogen-bond acceptors (Lipinski definition) is 2. The van der Waals surface area contributed by atoms with E-state index in [0.717, 1.165) is 12.0 Å². The third-order valence-corrected chi connectivity index (χ3v) is 2.21. The molecule has 0 saturated heterocycles. The van der Waals surface area contributed by atoms with Crippen LogP contribution in [-0.4, -0.2) is 11.8 Å². The number of hydrogen-bond donors (Lipinski definition) is 1. The molecule has 0 aliphatic rings. The van der Waals surface area contributed by atoms with E-state index in [1.165, 1.54) is 0 Å². The maximum Gasteiger partial charge on any atom is 0.149 e. The molecule has 0 aromatic heterocycles. The topological polar surface area (TPSA) is 43.1 Å². The van der Waals surface area contributed by atoms with Gasteiger partial charge in [-0.2, -0.15) is 0 Å². The van der Waals surface area contributed by atoms with Crippen molar-refractivity contribution in [2.45, 2.75) is 32.2 Å². The average Bonchev–Trinajstić information content (AvgIpc) is 2.19. The van der Waals surface area contributed by atoms with Crippen LogP contribution in [0, 0.1) is 0 Å². The molecule has 76 valence electrons. The van der Waals surface area contributed by atoms with Gasteiger partial charge in [-0.1, -0.05) is 37.3 Å². The van der Waals surface area contributed by atoms with Crippen molar-refractivity contribution >= 4 is 5.78 Å². The van der Waals surface area contributed by atoms with Crippen molar-refractivity contribution in [3.63, 3.8) is 0 Å². The highest BCUT2D eigenvalue weighted by molar-refractivity contribution is 5.83. The molecule has 0 heterocycles. The molecule has 0 aliphatic heterocycles. The van der Waals surface area contributed by atoms with Gasteiger partial charge in [0.1, 0.15) is 5.78 Å². The van der Waals surface area contributed by atoms with Gasteiger partial charge in [0.2, 0.25) is 0 Å². The predicted octanol–water partition coefficient (Wildman–Crippen LogP) is 1.93. The van der Waals surface area contributed by atoms with Crippen LogP contribution in [0.25, 0.3) is 0 Å². The normalized spacial score (nSPS) is 12.4. The second kappa shape index (κ2) is 5.55. The summed E-state index contributed by atoms with van der Waals surface area (Å²) in [6, 6.07) is 9.55. The summed E-state index contributed by atoms with van der Waals surface area (Å²) >= 11 is 0. The van der Waals surface area contributed by atoms with Gasteiger partial charge in [0.15, 0.2) is 0 Å². The first kappa shape index (κ1) is 10.9. The Morgan fingerprint density at radius 1 is 1.36 bits per heavy atom. The summed E-state index contributed by atoms with van der Waals surface area (Å²) in [7, 11) is 0. The Hall–Kier alpha value is -1.15. The first-order chi connectivity index (χ1) is 6.74. The van der Waals surface area contributed by atoms with Crippen molar-refractivity contribution in [1.29, 1.82) is 0 Å². The Balaban J connectivity index is 2.49. The lowest BCUT2D eigenvalue weighted by molar-refractivity contribution is -0.120. The van der Waals surface area contributed by atoms with E-state index < -0.39 is 0 Å². The van der Waals surface area contributed by atoms with Crippen molar-refractivity contribution in [3.05, 3.63) is 35.9 Å². The van der Waals surface area contributed by atoms with Crippen LogP contribution in [-0.2, 0) is 11.2 Å². The van der Waals surface area contributed by atoms with E-state index in [-0.39, 0.29) is 11.8 Å². The highest BCUT2D eigenvalue weighted by atomic mass is 16.1. The molecule has 2 heteroatoms. The fourth-order valence-corrected chi connectivity index (χ4v) is 1.41. The summed E-state index contributed by atoms with van der Waals surface area (Å²) in [4.78, 5) is 11.4. The molecule has 2 N–H and O–H groups in total. The molecule has 1 aromatic rings. The number of rotatable bonds is 5. The van der Waals surface area contributed by atoms with Gasteiger partial charge in [-0.15, -0.1) is 0 Å². The minimum atomic E-state index is -0.336. The van der Waals surface area contributed by atoms with Crippen molar-refractivity contribution in [2.75, 3.05) is 0 Å². The van der Waals surface area contributed by atoms with Gasteiger partial charge in [-0.3, -0.25) is 4.79 Å². The zero-order valence-electron chi connectivity index (χ0n) is 8.57. The SMILES string of the molecule is CCCC(=O)[C@H](N)Cc1ccccc1. The van der Waals surface area contributed by atoms with Gasteiger partial charge < -0.3 is 5.73 Å². The molecule has 1 rings (SSSR count). The molecule has 1 atom stereocenters. The summed E-state index contributed by atoms with van der Waals surface area (Å²) in [5, 5.41) is 0. The Morgan fingerprint density at radius 2 is 2.00 bits per heavy atom. The average molecular weight is 191 g/mol. The second-order valence-corrected chi connectivity index (χ2v) is 3.51. The van der Waals surface area contributed by atoms with Crippen molar-refractivity contribution in [2.24, 2.45) is 5.73 Å². The highest BCUT2D eigenvalue weighted by Crippen LogP contribution is 2.04. The van der Waals surface area contributed by atoms with Crippen LogP contribution in [0.5, 0.6) is 0 Å². The molecule has 0 amide bonds. The molecule has 0 unspecified atom stereocenters. The number of nitrogens with two attached hydrogens (primary N) is 1. The minimum absolute atomic E-state index is 0.163. The molecule has 1 aromatic carbocycles. The molecule has 0 radical (unpaired) electrons. The van der Waals surface area contributed by atoms with Crippen LogP contribution in [0.2, 0.25) is 0 Å². The van der Waals surface area contributed by atoms with E-state index in [0.29, 0.717) is 12.8 Å². The molecule has 2 nitrogen and oxygen atoms in total. The summed E-state index contributed by atoms with van der Waals surface area (Å²) in [5.74, 6) is 0.163. The highest BCUT2D eigenvalue weighted by Gasteiger charge is 2.12. The van der Waals surface area contributed by atoms with E-state index >= 15 is 0 Å². The number of carbonyl (C=O) groups is 1. The van der Waals surface area contributed by atoms with Gasteiger partial charge in [0.25, 0.3) is 0 Å². The van der Waals surface area contributed by atoms with Gasteiger partial charge in [-0.25, -0.2) is 0 Å². The van der Waals surface area contributed by atoms with Crippen molar-refractivity contribution in [1.82, 2.24) is 0 Å². The standard InChI is InChI=1S/C12H17NO/c1-2-6-12(14)11(13)9-10-7-4-3-5-8-10/h3-5,7-8,11H,2,6,9,13H2,1H3/t11-/m1/s1. The smallest absolute Gasteiger partial charge is 0.149 e. The largest absolute Gasteiger partial charge is 0.321 e. The molecule has 0 bridgehead atoms. The van der Waals surface area contributed by atoms with Gasteiger partial charge in [0.05, 0.1) is 6.04 Å². The Morgan fingerprint density at radius 3 is 2.57 bits per heavy atom. The van der Waals surface area contributed by atoms with Crippen molar-refractivity contribution in [3.8, 4) is 0 Å². The third kappa shape index (κ3) is 3.30. The zero-order valence-corrected chi connectivity index (χ0v) is 8.57. The molecule has 0 saturated carbocycles. The second-order valence-electron chi connectivity index (χ2n) is 3.51. The molecular weight excluding hydrogens is 174 g/mol. The Labute approximate surface area is 85.1 Å². The monoisotopic (exact) mass is 191 g/mol. The maximum absolute atomic E-state index is 11.4. The summed E-state index contributed by atoms with van der Waals surface area (Å²) in [5.41, 5.74) is 6.91. The van der Waals surface area contributed by atoms with Crippen LogP contribution in [0.15, 0.2) is 30.3 Å². The quantitative estimate of drug-likeness (QED) is 0.772. The van der Waals surface area contributed by atoms with Crippen LogP contribution >= 0.6 is 0 Å². The molecular formula is C12H17NO. The summed E-state index contributed by atoms with van der Waals surface area (Å²) < 4.78 is 0. The lowest BCUT2D eigenvalue weighted by Crippen LogP contribution is -2.32. The number of ketones is 1. The van der Waals surface area contributed by atoms with Gasteiger partial charge in [0, 0.05) is 6.42 Å². The van der Waals surface area contributed by atoms with E-state index in [4.69, 9.17) is 5.73 Å². The Bertz CT molecular complexity index is 282. The van der Waals surface area contributed by atoms with E-state index in [1.54, 1.807) is 0 Å². The first-order valence-electron chi connectivity index (χ1n) is 5.06. The summed E-state index contributed by atoms with van der Waals surface area (Å²) in [6.07, 6.45) is 2.12. The number of carbonyl (C=O) groups excluding carboxylic acids is 1. The van der Waals surface area contributed by atoms with Crippen molar-refractivity contribution < 1.29 is 4.79 Å². The van der Waals surface area contributed by atoms with E-state index in [1.807, 2.05) is 37.3 Å². The van der Waals surface area contributed by atoms with E-state index in [9.17, 15) is 4.79 Å². The lowest BCUT2D eigenvalue weighted by atomic mass is 10.0. The summed E-state index contributed by atoms with van der Waals surface area (Å²) in [6.45, 7) is 1.99. The van der Waals surface area contributed by atoms with Gasteiger partial charge >= 0.3 is 0 Å². The molecule has 0 fully saturated rings. The fraction of sp³-hybridized carbons (Fsp3) is 0.417. The van der Waals surface area contributed by atoms with Crippen LogP contribution in [0.3, 0.4) is 0 Å². The molecule has 14 heavy (non-hydrogen) atoms. The Kier molecular flexibility index (Phi) is 4.33. The lowest BCUT2D eigenvalue weighted by Gasteiger charge is -2.09. The number of benzene rings is 1. The molecule has 0 aliphatic carbocycles. The maximum atomic E-state index is 11.4. The van der Waals surface area contributed by atoms with Gasteiger partial charge in [-0.05, 0) is 18.4 Å². The number of Topliss-reactive ketones (excluding diaryl/α,β-unsaturated/α-hetero) is 1. The van der Waals surface area contributed by atoms with Crippen LogP contribution in [0.4, 0.5) is 0 Å². The third-order valence-electron chi connectivity index (χ3n) is 2.21. The zero-order chi connectivity index (χ0) is 10.4. The molecule has 0 spiro atoms. The minimum Gasteiger partial charge on any atom is -0.321 e. The fourth-order valence-electron chi connectivity index (χ4n) is 1.41. The van der Waals surface area contributed by atoms with Crippen LogP contribution < -0.4 is 5.73 Å². The van der Waals surface area contributed by atoms with E-state index in [2.05, 4.69) is 0 Å². The van der Waals surface area contributed by atoms with Crippen LogP contribution in [0.1, 0.15) is 25.3 Å². The first-order valence-corrected chi connectivity index (χ1v) is 5.06. The predicted molar refractivity (Wildman–Crippen MR) is 58.0 cm³/mol.